The van der Waals surface area contributed by atoms with Gasteiger partial charge in [0.15, 0.2) is 11.5 Å². The van der Waals surface area contributed by atoms with Crippen LogP contribution in [0.25, 0.3) is 10.9 Å². The summed E-state index contributed by atoms with van der Waals surface area (Å²) < 4.78 is 37.8. The number of rotatable bonds is 6. The Hall–Kier alpha value is -3.29. The highest BCUT2D eigenvalue weighted by Crippen LogP contribution is 2.39. The van der Waals surface area contributed by atoms with E-state index in [2.05, 4.69) is 10.3 Å². The van der Waals surface area contributed by atoms with Gasteiger partial charge in [-0.15, -0.1) is 0 Å². The second-order valence-corrected chi connectivity index (χ2v) is 9.02. The lowest BCUT2D eigenvalue weighted by Crippen LogP contribution is -2.07. The predicted molar refractivity (Wildman–Crippen MR) is 121 cm³/mol. The van der Waals surface area contributed by atoms with Crippen molar-refractivity contribution in [1.29, 1.82) is 0 Å². The van der Waals surface area contributed by atoms with Gasteiger partial charge in [0.1, 0.15) is 4.90 Å². The third-order valence-electron chi connectivity index (χ3n) is 4.80. The van der Waals surface area contributed by atoms with Crippen molar-refractivity contribution in [2.75, 3.05) is 19.5 Å². The van der Waals surface area contributed by atoms with E-state index in [0.717, 1.165) is 5.69 Å². The van der Waals surface area contributed by atoms with Crippen LogP contribution in [0.2, 0.25) is 5.02 Å². The predicted octanol–water partition coefficient (Wildman–Crippen LogP) is 5.48. The fourth-order valence-electron chi connectivity index (χ4n) is 3.24. The number of methoxy groups -OCH3 is 2. The molecular formula is C23H19ClN2O4S. The first-order valence-corrected chi connectivity index (χ1v) is 11.2. The average molecular weight is 455 g/mol. The Morgan fingerprint density at radius 1 is 0.903 bits per heavy atom. The Bertz CT molecular complexity index is 1340. The van der Waals surface area contributed by atoms with Crippen LogP contribution in [-0.4, -0.2) is 27.6 Å². The van der Waals surface area contributed by atoms with E-state index in [1.807, 2.05) is 30.3 Å². The highest BCUT2D eigenvalue weighted by molar-refractivity contribution is 7.91. The molecule has 0 spiro atoms. The highest BCUT2D eigenvalue weighted by atomic mass is 35.5. The molecule has 3 aromatic carbocycles. The van der Waals surface area contributed by atoms with Gasteiger partial charge in [0, 0.05) is 28.4 Å². The minimum atomic E-state index is -3.89. The zero-order valence-electron chi connectivity index (χ0n) is 16.8. The number of aromatic nitrogens is 1. The standard InChI is InChI=1S/C23H19ClN2O4S/c1-29-20-12-18-19(13-21(20)30-2)25-14-22(23(18)26-16-6-4-3-5-7-16)31(27,28)17-10-8-15(24)9-11-17/h3-14H,1-2H3,(H,25,26). The van der Waals surface area contributed by atoms with Crippen molar-refractivity contribution in [2.24, 2.45) is 0 Å². The van der Waals surface area contributed by atoms with Gasteiger partial charge in [-0.05, 0) is 42.5 Å². The van der Waals surface area contributed by atoms with Gasteiger partial charge in [-0.1, -0.05) is 29.8 Å². The number of benzene rings is 3. The van der Waals surface area contributed by atoms with E-state index in [0.29, 0.717) is 33.1 Å². The number of ether oxygens (including phenoxy) is 2. The zero-order valence-corrected chi connectivity index (χ0v) is 18.4. The molecule has 0 aliphatic carbocycles. The van der Waals surface area contributed by atoms with Gasteiger partial charge in [0.05, 0.1) is 30.3 Å². The summed E-state index contributed by atoms with van der Waals surface area (Å²) in [6, 6.07) is 18.8. The molecule has 6 nitrogen and oxygen atoms in total. The van der Waals surface area contributed by atoms with Crippen LogP contribution in [0.3, 0.4) is 0 Å². The highest BCUT2D eigenvalue weighted by Gasteiger charge is 2.25. The summed E-state index contributed by atoms with van der Waals surface area (Å²) in [7, 11) is -0.831. The SMILES string of the molecule is COc1cc2ncc(S(=O)(=O)c3ccc(Cl)cc3)c(Nc3ccccc3)c2cc1OC. The summed E-state index contributed by atoms with van der Waals surface area (Å²) in [5.41, 5.74) is 1.69. The molecule has 0 aliphatic heterocycles. The van der Waals surface area contributed by atoms with Crippen LogP contribution in [-0.2, 0) is 9.84 Å². The first-order valence-electron chi connectivity index (χ1n) is 9.31. The number of pyridine rings is 1. The van der Waals surface area contributed by atoms with Crippen LogP contribution in [0, 0.1) is 0 Å². The minimum Gasteiger partial charge on any atom is -0.493 e. The normalized spacial score (nSPS) is 11.3. The molecule has 1 aromatic heterocycles. The number of sulfone groups is 1. The van der Waals surface area contributed by atoms with Gasteiger partial charge >= 0.3 is 0 Å². The molecule has 158 valence electrons. The van der Waals surface area contributed by atoms with Gasteiger partial charge in [-0.25, -0.2) is 8.42 Å². The smallest absolute Gasteiger partial charge is 0.210 e. The molecule has 0 fully saturated rings. The Morgan fingerprint density at radius 3 is 2.19 bits per heavy atom. The van der Waals surface area contributed by atoms with Crippen LogP contribution in [0.4, 0.5) is 11.4 Å². The first-order chi connectivity index (χ1) is 14.9. The molecular weight excluding hydrogens is 436 g/mol. The maximum atomic E-state index is 13.5. The number of hydrogen-bond donors (Lipinski definition) is 1. The largest absolute Gasteiger partial charge is 0.493 e. The monoisotopic (exact) mass is 454 g/mol. The maximum absolute atomic E-state index is 13.5. The van der Waals surface area contributed by atoms with E-state index in [-0.39, 0.29) is 9.79 Å². The molecule has 0 bridgehead atoms. The molecule has 0 atom stereocenters. The van der Waals surface area contributed by atoms with Crippen LogP contribution in [0.15, 0.2) is 82.7 Å². The molecule has 0 radical (unpaired) electrons. The van der Waals surface area contributed by atoms with Crippen LogP contribution in [0.1, 0.15) is 0 Å². The molecule has 0 amide bonds. The minimum absolute atomic E-state index is 0.0402. The molecule has 4 rings (SSSR count). The Kier molecular flexibility index (Phi) is 5.71. The van der Waals surface area contributed by atoms with Crippen molar-refractivity contribution in [3.05, 3.63) is 77.9 Å². The molecule has 31 heavy (non-hydrogen) atoms. The summed E-state index contributed by atoms with van der Waals surface area (Å²) in [5, 5.41) is 4.28. The summed E-state index contributed by atoms with van der Waals surface area (Å²) in [6.07, 6.45) is 1.35. The van der Waals surface area contributed by atoms with Gasteiger partial charge in [-0.2, -0.15) is 0 Å². The molecule has 4 aromatic rings. The van der Waals surface area contributed by atoms with E-state index >= 15 is 0 Å². The van der Waals surface area contributed by atoms with Gasteiger partial charge in [-0.3, -0.25) is 4.98 Å². The van der Waals surface area contributed by atoms with Crippen LogP contribution in [0.5, 0.6) is 11.5 Å². The topological polar surface area (TPSA) is 77.5 Å². The van der Waals surface area contributed by atoms with E-state index in [9.17, 15) is 8.42 Å². The number of halogens is 1. The van der Waals surface area contributed by atoms with Crippen molar-refractivity contribution in [1.82, 2.24) is 4.98 Å². The van der Waals surface area contributed by atoms with E-state index in [4.69, 9.17) is 21.1 Å². The van der Waals surface area contributed by atoms with Gasteiger partial charge in [0.2, 0.25) is 9.84 Å². The molecule has 0 saturated heterocycles. The van der Waals surface area contributed by atoms with Gasteiger partial charge < -0.3 is 14.8 Å². The summed E-state index contributed by atoms with van der Waals surface area (Å²) >= 11 is 5.94. The number of para-hydroxylation sites is 1. The molecule has 8 heteroatoms. The third kappa shape index (κ3) is 4.02. The van der Waals surface area contributed by atoms with Crippen LogP contribution < -0.4 is 14.8 Å². The van der Waals surface area contributed by atoms with Crippen LogP contribution >= 0.6 is 11.6 Å². The Morgan fingerprint density at radius 2 is 1.55 bits per heavy atom. The van der Waals surface area contributed by atoms with Crippen molar-refractivity contribution in [3.8, 4) is 11.5 Å². The molecule has 1 N–H and O–H groups in total. The maximum Gasteiger partial charge on any atom is 0.210 e. The number of fused-ring (bicyclic) bond motifs is 1. The van der Waals surface area contributed by atoms with Crippen molar-refractivity contribution in [2.45, 2.75) is 9.79 Å². The summed E-state index contributed by atoms with van der Waals surface area (Å²) in [5.74, 6) is 0.968. The van der Waals surface area contributed by atoms with E-state index in [1.54, 1.807) is 24.3 Å². The second-order valence-electron chi connectivity index (χ2n) is 6.67. The molecule has 0 saturated carbocycles. The lowest BCUT2D eigenvalue weighted by molar-refractivity contribution is 0.356. The number of nitrogens with zero attached hydrogens (tertiary/aromatic N) is 1. The van der Waals surface area contributed by atoms with Crippen molar-refractivity contribution < 1.29 is 17.9 Å². The molecule has 0 unspecified atom stereocenters. The molecule has 0 aliphatic rings. The zero-order chi connectivity index (χ0) is 22.0. The summed E-state index contributed by atoms with van der Waals surface area (Å²) in [4.78, 5) is 4.56. The fourth-order valence-corrected chi connectivity index (χ4v) is 4.74. The Labute approximate surface area is 185 Å². The Balaban J connectivity index is 2.00. The first kappa shape index (κ1) is 21.0. The van der Waals surface area contributed by atoms with E-state index < -0.39 is 9.84 Å². The van der Waals surface area contributed by atoms with Gasteiger partial charge in [0.25, 0.3) is 0 Å². The average Bonchev–Trinajstić information content (AvgIpc) is 2.79. The second kappa shape index (κ2) is 8.45. The van der Waals surface area contributed by atoms with E-state index in [1.165, 1.54) is 32.5 Å². The molecule has 1 heterocycles. The lowest BCUT2D eigenvalue weighted by atomic mass is 10.1. The number of hydrogen-bond acceptors (Lipinski definition) is 6. The lowest BCUT2D eigenvalue weighted by Gasteiger charge is -2.17. The number of nitrogens with one attached hydrogen (secondary N) is 1. The van der Waals surface area contributed by atoms with Crippen molar-refractivity contribution in [3.63, 3.8) is 0 Å². The number of anilines is 2. The fraction of sp³-hybridized carbons (Fsp3) is 0.0870. The quantitative estimate of drug-likeness (QED) is 0.415. The summed E-state index contributed by atoms with van der Waals surface area (Å²) in [6.45, 7) is 0. The van der Waals surface area contributed by atoms with Crippen molar-refractivity contribution >= 4 is 43.7 Å². The third-order valence-corrected chi connectivity index (χ3v) is 6.83.